The van der Waals surface area contributed by atoms with Crippen LogP contribution in [-0.2, 0) is 17.8 Å². The highest BCUT2D eigenvalue weighted by Gasteiger charge is 2.20. The van der Waals surface area contributed by atoms with Crippen LogP contribution in [0.3, 0.4) is 0 Å². The number of carbonyl (C=O) groups is 1. The number of hydrogen-bond donors (Lipinski definition) is 1. The third kappa shape index (κ3) is 4.00. The number of piperazine rings is 1. The molecule has 0 radical (unpaired) electrons. The summed E-state index contributed by atoms with van der Waals surface area (Å²) in [5, 5.41) is 5.62. The molecule has 1 N–H and O–H groups in total. The highest BCUT2D eigenvalue weighted by atomic mass is 32.1. The van der Waals surface area contributed by atoms with Gasteiger partial charge in [-0.05, 0) is 46.9 Å². The van der Waals surface area contributed by atoms with Gasteiger partial charge in [0.15, 0.2) is 0 Å². The molecule has 0 aliphatic carbocycles. The Kier molecular flexibility index (Phi) is 5.37. The molecule has 26 heavy (non-hydrogen) atoms. The van der Waals surface area contributed by atoms with Crippen LogP contribution in [0.4, 0.5) is 0 Å². The van der Waals surface area contributed by atoms with Crippen molar-refractivity contribution in [2.45, 2.75) is 25.8 Å². The van der Waals surface area contributed by atoms with Crippen molar-refractivity contribution in [1.29, 1.82) is 0 Å². The first kappa shape index (κ1) is 17.3. The molecule has 0 unspecified atom stereocenters. The van der Waals surface area contributed by atoms with Crippen LogP contribution in [0.2, 0.25) is 0 Å². The molecule has 1 amide bonds. The predicted octanol–water partition coefficient (Wildman–Crippen LogP) is 3.90. The second kappa shape index (κ2) is 8.06. The lowest BCUT2D eigenvalue weighted by Gasteiger charge is -2.34. The maximum absolute atomic E-state index is 12.5. The van der Waals surface area contributed by atoms with Crippen molar-refractivity contribution in [3.05, 3.63) is 58.4 Å². The Morgan fingerprint density at radius 2 is 1.96 bits per heavy atom. The fraction of sp³-hybridized carbons (Fsp3) is 0.381. The minimum Gasteiger partial charge on any atom is -0.361 e. The molecule has 1 aliphatic heterocycles. The van der Waals surface area contributed by atoms with Crippen LogP contribution in [0.25, 0.3) is 10.9 Å². The number of carbonyl (C=O) groups excluding carboxylic acids is 1. The zero-order valence-electron chi connectivity index (χ0n) is 15.0. The van der Waals surface area contributed by atoms with Crippen LogP contribution in [-0.4, -0.2) is 46.9 Å². The first-order chi connectivity index (χ1) is 12.8. The molecule has 4 rings (SSSR count). The Morgan fingerprint density at radius 1 is 1.12 bits per heavy atom. The van der Waals surface area contributed by atoms with E-state index in [9.17, 15) is 4.79 Å². The molecular weight excluding hydrogens is 342 g/mol. The molecule has 2 aromatic heterocycles. The largest absolute Gasteiger partial charge is 0.361 e. The molecule has 0 saturated carbocycles. The van der Waals surface area contributed by atoms with Gasteiger partial charge in [0.2, 0.25) is 5.91 Å². The van der Waals surface area contributed by atoms with Crippen LogP contribution >= 0.6 is 11.3 Å². The fourth-order valence-corrected chi connectivity index (χ4v) is 4.38. The molecule has 1 aromatic carbocycles. The van der Waals surface area contributed by atoms with E-state index in [1.807, 2.05) is 11.0 Å². The van der Waals surface area contributed by atoms with Crippen LogP contribution < -0.4 is 0 Å². The second-order valence-electron chi connectivity index (χ2n) is 7.00. The summed E-state index contributed by atoms with van der Waals surface area (Å²) in [6.45, 7) is 4.67. The maximum atomic E-state index is 12.5. The Bertz CT molecular complexity index is 847. The number of aromatic amines is 1. The zero-order valence-corrected chi connectivity index (χ0v) is 15.8. The normalized spacial score (nSPS) is 15.6. The summed E-state index contributed by atoms with van der Waals surface area (Å²) in [5.41, 5.74) is 3.87. The second-order valence-corrected chi connectivity index (χ2v) is 7.78. The number of benzene rings is 1. The minimum absolute atomic E-state index is 0.306. The first-order valence-electron chi connectivity index (χ1n) is 9.36. The van der Waals surface area contributed by atoms with Gasteiger partial charge in [0.25, 0.3) is 0 Å². The van der Waals surface area contributed by atoms with Crippen molar-refractivity contribution in [2.75, 3.05) is 26.2 Å². The van der Waals surface area contributed by atoms with Gasteiger partial charge in [0.1, 0.15) is 0 Å². The number of nitrogens with zero attached hydrogens (tertiary/aromatic N) is 2. The van der Waals surface area contributed by atoms with Crippen molar-refractivity contribution >= 4 is 28.1 Å². The Labute approximate surface area is 158 Å². The van der Waals surface area contributed by atoms with Gasteiger partial charge >= 0.3 is 0 Å². The number of rotatable bonds is 6. The molecule has 3 aromatic rings. The van der Waals surface area contributed by atoms with E-state index in [0.29, 0.717) is 12.3 Å². The van der Waals surface area contributed by atoms with Crippen molar-refractivity contribution in [1.82, 2.24) is 14.8 Å². The molecule has 0 atom stereocenters. The highest BCUT2D eigenvalue weighted by Crippen LogP contribution is 2.20. The molecular formula is C21H25N3OS. The summed E-state index contributed by atoms with van der Waals surface area (Å²) in [4.78, 5) is 20.3. The molecule has 1 fully saturated rings. The van der Waals surface area contributed by atoms with E-state index in [1.54, 1.807) is 11.3 Å². The third-order valence-electron chi connectivity index (χ3n) is 5.22. The lowest BCUT2D eigenvalue weighted by atomic mass is 10.1. The van der Waals surface area contributed by atoms with Crippen LogP contribution in [0.15, 0.2) is 47.3 Å². The van der Waals surface area contributed by atoms with Gasteiger partial charge in [-0.2, -0.15) is 11.3 Å². The molecule has 4 nitrogen and oxygen atoms in total. The van der Waals surface area contributed by atoms with Gasteiger partial charge in [-0.15, -0.1) is 0 Å². The zero-order chi connectivity index (χ0) is 17.8. The monoisotopic (exact) mass is 367 g/mol. The predicted molar refractivity (Wildman–Crippen MR) is 107 cm³/mol. The molecule has 1 saturated heterocycles. The van der Waals surface area contributed by atoms with E-state index in [2.05, 4.69) is 51.1 Å². The van der Waals surface area contributed by atoms with Gasteiger partial charge in [-0.3, -0.25) is 9.69 Å². The Morgan fingerprint density at radius 3 is 2.77 bits per heavy atom. The summed E-state index contributed by atoms with van der Waals surface area (Å²) in [7, 11) is 0. The molecule has 0 spiro atoms. The van der Waals surface area contributed by atoms with E-state index in [0.717, 1.165) is 45.6 Å². The maximum Gasteiger partial charge on any atom is 0.222 e. The van der Waals surface area contributed by atoms with Crippen LogP contribution in [0.5, 0.6) is 0 Å². The van der Waals surface area contributed by atoms with Crippen molar-refractivity contribution < 1.29 is 4.79 Å². The van der Waals surface area contributed by atoms with Gasteiger partial charge in [0.05, 0.1) is 0 Å². The SMILES string of the molecule is O=C(CCCc1c[nH]c2ccccc12)N1CCN(Cc2ccsc2)CC1. The lowest BCUT2D eigenvalue weighted by Crippen LogP contribution is -2.48. The lowest BCUT2D eigenvalue weighted by molar-refractivity contribution is -0.133. The molecule has 136 valence electrons. The van der Waals surface area contributed by atoms with E-state index >= 15 is 0 Å². The number of fused-ring (bicyclic) bond motifs is 1. The van der Waals surface area contributed by atoms with Crippen LogP contribution in [0, 0.1) is 0 Å². The summed E-state index contributed by atoms with van der Waals surface area (Å²) in [6, 6.07) is 10.5. The van der Waals surface area contributed by atoms with Gasteiger partial charge in [0, 0.05) is 56.2 Å². The van der Waals surface area contributed by atoms with Crippen molar-refractivity contribution in [2.24, 2.45) is 0 Å². The first-order valence-corrected chi connectivity index (χ1v) is 10.3. The average Bonchev–Trinajstić information content (AvgIpc) is 3.32. The average molecular weight is 368 g/mol. The third-order valence-corrected chi connectivity index (χ3v) is 5.96. The number of nitrogens with one attached hydrogen (secondary N) is 1. The molecule has 3 heterocycles. The smallest absolute Gasteiger partial charge is 0.222 e. The van der Waals surface area contributed by atoms with E-state index in [1.165, 1.54) is 22.0 Å². The van der Waals surface area contributed by atoms with Crippen LogP contribution in [0.1, 0.15) is 24.0 Å². The van der Waals surface area contributed by atoms with Gasteiger partial charge in [-0.1, -0.05) is 18.2 Å². The Balaban J connectivity index is 1.22. The number of amides is 1. The number of hydrogen-bond acceptors (Lipinski definition) is 3. The highest BCUT2D eigenvalue weighted by molar-refractivity contribution is 7.07. The van der Waals surface area contributed by atoms with Gasteiger partial charge < -0.3 is 9.88 Å². The summed E-state index contributed by atoms with van der Waals surface area (Å²) >= 11 is 1.75. The quantitative estimate of drug-likeness (QED) is 0.718. The minimum atomic E-state index is 0.306. The summed E-state index contributed by atoms with van der Waals surface area (Å²) < 4.78 is 0. The topological polar surface area (TPSA) is 39.3 Å². The number of para-hydroxylation sites is 1. The number of thiophene rings is 1. The summed E-state index contributed by atoms with van der Waals surface area (Å²) in [6.07, 6.45) is 4.59. The fourth-order valence-electron chi connectivity index (χ4n) is 3.72. The Hall–Kier alpha value is -2.11. The summed E-state index contributed by atoms with van der Waals surface area (Å²) in [5.74, 6) is 0.306. The van der Waals surface area contributed by atoms with E-state index < -0.39 is 0 Å². The van der Waals surface area contributed by atoms with Gasteiger partial charge in [-0.25, -0.2) is 0 Å². The van der Waals surface area contributed by atoms with E-state index in [4.69, 9.17) is 0 Å². The number of H-pyrrole nitrogens is 1. The number of aromatic nitrogens is 1. The number of aryl methyl sites for hydroxylation is 1. The molecule has 0 bridgehead atoms. The van der Waals surface area contributed by atoms with Crippen molar-refractivity contribution in [3.8, 4) is 0 Å². The molecule has 1 aliphatic rings. The van der Waals surface area contributed by atoms with E-state index in [-0.39, 0.29) is 0 Å². The van der Waals surface area contributed by atoms with Crippen molar-refractivity contribution in [3.63, 3.8) is 0 Å². The standard InChI is InChI=1S/C21H25N3OS/c25-21(7-3-4-18-14-22-20-6-2-1-5-19(18)20)24-11-9-23(10-12-24)15-17-8-13-26-16-17/h1-2,5-6,8,13-14,16,22H,3-4,7,9-12,15H2. The molecule has 5 heteroatoms.